The fourth-order valence-electron chi connectivity index (χ4n) is 4.12. The molecular weight excluding hydrogens is 610 g/mol. The molecule has 0 aliphatic carbocycles. The molecule has 11 heteroatoms. The minimum atomic E-state index is -0.899. The van der Waals surface area contributed by atoms with E-state index in [0.29, 0.717) is 44.0 Å². The summed E-state index contributed by atoms with van der Waals surface area (Å²) >= 11 is 6.95. The van der Waals surface area contributed by atoms with Gasteiger partial charge in [-0.15, -0.1) is 0 Å². The van der Waals surface area contributed by atoms with Gasteiger partial charge in [-0.2, -0.15) is 5.26 Å². The normalized spacial score (nSPS) is 15.4. The molecule has 0 spiro atoms. The lowest BCUT2D eigenvalue weighted by molar-refractivity contribution is -0.141. The van der Waals surface area contributed by atoms with E-state index in [1.165, 1.54) is 7.11 Å². The lowest BCUT2D eigenvalue weighted by Crippen LogP contribution is -2.32. The number of benzene rings is 1. The van der Waals surface area contributed by atoms with Crippen LogP contribution in [-0.4, -0.2) is 44.7 Å². The summed E-state index contributed by atoms with van der Waals surface area (Å²) in [6.07, 6.45) is 0. The first-order valence-electron chi connectivity index (χ1n) is 11.2. The number of allylic oxidation sites excluding steroid dienone is 2. The van der Waals surface area contributed by atoms with Gasteiger partial charge in [0.25, 0.3) is 0 Å². The van der Waals surface area contributed by atoms with Crippen molar-refractivity contribution < 1.29 is 28.2 Å². The van der Waals surface area contributed by atoms with Gasteiger partial charge < -0.3 is 28.8 Å². The van der Waals surface area contributed by atoms with Crippen LogP contribution < -0.4 is 10.1 Å². The average Bonchev–Trinajstić information content (AvgIpc) is 3.27. The summed E-state index contributed by atoms with van der Waals surface area (Å²) in [4.78, 5) is 28.5. The van der Waals surface area contributed by atoms with Crippen LogP contribution >= 0.6 is 31.9 Å². The average molecular weight is 637 g/mol. The first kappa shape index (κ1) is 28.5. The number of furan rings is 1. The second-order valence-electron chi connectivity index (χ2n) is 8.56. The number of hydrogen-bond acceptors (Lipinski definition) is 9. The molecule has 0 saturated carbocycles. The number of carbonyl (C=O) groups is 2. The Hall–Kier alpha value is -3.07. The molecule has 0 bridgehead atoms. The molecule has 0 amide bonds. The van der Waals surface area contributed by atoms with Gasteiger partial charge in [0.2, 0.25) is 0 Å². The maximum absolute atomic E-state index is 13.5. The Morgan fingerprint density at radius 1 is 1.11 bits per heavy atom. The Balaban J connectivity index is 2.06. The van der Waals surface area contributed by atoms with Crippen molar-refractivity contribution >= 4 is 43.8 Å². The van der Waals surface area contributed by atoms with Crippen LogP contribution in [0.5, 0.6) is 5.75 Å². The Morgan fingerprint density at radius 3 is 2.38 bits per heavy atom. The molecule has 2 aromatic rings. The van der Waals surface area contributed by atoms with Crippen molar-refractivity contribution in [2.45, 2.75) is 32.9 Å². The molecule has 9 nitrogen and oxygen atoms in total. The number of hydrogen-bond donors (Lipinski definition) is 1. The van der Waals surface area contributed by atoms with Crippen LogP contribution in [0.15, 0.2) is 60.2 Å². The number of esters is 2. The summed E-state index contributed by atoms with van der Waals surface area (Å²) in [6.45, 7) is 3.74. The SMILES string of the molecule is COC(=O)C1=C(C)NC(C)=C(C(=O)OCc2ccc(CN(C)C)o2)C1c1cc(Br)cc(Br)c1OCC#N. The number of rotatable bonds is 9. The van der Waals surface area contributed by atoms with E-state index in [2.05, 4.69) is 37.2 Å². The van der Waals surface area contributed by atoms with Gasteiger partial charge in [-0.25, -0.2) is 9.59 Å². The smallest absolute Gasteiger partial charge is 0.337 e. The van der Waals surface area contributed by atoms with Gasteiger partial charge in [-0.1, -0.05) is 15.9 Å². The third kappa shape index (κ3) is 6.63. The highest BCUT2D eigenvalue weighted by Gasteiger charge is 2.40. The number of dihydropyridines is 1. The van der Waals surface area contributed by atoms with E-state index >= 15 is 0 Å². The largest absolute Gasteiger partial charge is 0.477 e. The van der Waals surface area contributed by atoms with E-state index in [1.54, 1.807) is 32.0 Å². The summed E-state index contributed by atoms with van der Waals surface area (Å²) < 4.78 is 23.4. The molecule has 1 aliphatic rings. The van der Waals surface area contributed by atoms with Crippen LogP contribution in [0.1, 0.15) is 36.8 Å². The van der Waals surface area contributed by atoms with Gasteiger partial charge in [-0.05, 0) is 68.1 Å². The fourth-order valence-corrected chi connectivity index (χ4v) is 5.49. The molecule has 1 atom stereocenters. The van der Waals surface area contributed by atoms with E-state index in [1.807, 2.05) is 31.1 Å². The molecule has 37 heavy (non-hydrogen) atoms. The predicted molar refractivity (Wildman–Crippen MR) is 142 cm³/mol. The molecule has 0 radical (unpaired) electrons. The zero-order valence-corrected chi connectivity index (χ0v) is 24.3. The molecule has 1 N–H and O–H groups in total. The predicted octanol–water partition coefficient (Wildman–Crippen LogP) is 4.92. The molecular formula is C26H27Br2N3O6. The maximum atomic E-state index is 13.5. The van der Waals surface area contributed by atoms with Crippen LogP contribution in [0, 0.1) is 11.3 Å². The number of nitrogens with zero attached hydrogens (tertiary/aromatic N) is 2. The highest BCUT2D eigenvalue weighted by molar-refractivity contribution is 9.11. The van der Waals surface area contributed by atoms with Gasteiger partial charge in [0.15, 0.2) is 6.61 Å². The summed E-state index contributed by atoms with van der Waals surface area (Å²) in [7, 11) is 5.13. The fraction of sp³-hybridized carbons (Fsp3) is 0.346. The number of halogens is 2. The first-order valence-corrected chi connectivity index (χ1v) is 12.8. The number of nitrogens with one attached hydrogen (secondary N) is 1. The molecule has 1 aliphatic heterocycles. The zero-order chi connectivity index (χ0) is 27.3. The van der Waals surface area contributed by atoms with Crippen molar-refractivity contribution in [2.75, 3.05) is 27.8 Å². The standard InChI is InChI=1S/C26H27Br2N3O6/c1-14-21(25(32)34-5)23(19-10-16(27)11-20(28)24(19)35-9-8-29)22(15(2)30-14)26(33)36-13-18-7-6-17(37-18)12-31(3)4/h6-7,10-11,23,30H,9,12-13H2,1-5H3. The molecule has 196 valence electrons. The van der Waals surface area contributed by atoms with Crippen LogP contribution in [0.25, 0.3) is 0 Å². The van der Waals surface area contributed by atoms with Gasteiger partial charge >= 0.3 is 11.9 Å². The number of carbonyl (C=O) groups excluding carboxylic acids is 2. The second kappa shape index (κ2) is 12.4. The molecule has 1 unspecified atom stereocenters. The third-order valence-corrected chi connectivity index (χ3v) is 6.60. The number of ether oxygens (including phenoxy) is 3. The van der Waals surface area contributed by atoms with E-state index in [9.17, 15) is 9.59 Å². The van der Waals surface area contributed by atoms with Crippen LogP contribution in [-0.2, 0) is 32.2 Å². The van der Waals surface area contributed by atoms with Crippen LogP contribution in [0.2, 0.25) is 0 Å². The molecule has 0 fully saturated rings. The molecule has 0 saturated heterocycles. The van der Waals surface area contributed by atoms with Crippen LogP contribution in [0.4, 0.5) is 0 Å². The van der Waals surface area contributed by atoms with Crippen molar-refractivity contribution in [3.63, 3.8) is 0 Å². The van der Waals surface area contributed by atoms with E-state index in [4.69, 9.17) is 23.9 Å². The van der Waals surface area contributed by atoms with Gasteiger partial charge in [0.1, 0.15) is 29.9 Å². The third-order valence-electron chi connectivity index (χ3n) is 5.55. The molecule has 2 heterocycles. The Kier molecular flexibility index (Phi) is 9.59. The minimum absolute atomic E-state index is 0.0913. The number of nitriles is 1. The molecule has 3 rings (SSSR count). The van der Waals surface area contributed by atoms with Gasteiger partial charge in [0.05, 0.1) is 35.2 Å². The van der Waals surface area contributed by atoms with E-state index in [0.717, 1.165) is 5.76 Å². The highest BCUT2D eigenvalue weighted by Crippen LogP contribution is 2.46. The van der Waals surface area contributed by atoms with Gasteiger partial charge in [0, 0.05) is 21.4 Å². The lowest BCUT2D eigenvalue weighted by Gasteiger charge is -2.31. The van der Waals surface area contributed by atoms with Crippen molar-refractivity contribution in [1.29, 1.82) is 5.26 Å². The van der Waals surface area contributed by atoms with E-state index in [-0.39, 0.29) is 24.4 Å². The zero-order valence-electron chi connectivity index (χ0n) is 21.1. The highest BCUT2D eigenvalue weighted by atomic mass is 79.9. The van der Waals surface area contributed by atoms with E-state index < -0.39 is 17.9 Å². The lowest BCUT2D eigenvalue weighted by atomic mass is 9.80. The number of methoxy groups -OCH3 is 1. The minimum Gasteiger partial charge on any atom is -0.477 e. The Morgan fingerprint density at radius 2 is 1.76 bits per heavy atom. The topological polar surface area (TPSA) is 114 Å². The van der Waals surface area contributed by atoms with Gasteiger partial charge in [-0.3, -0.25) is 0 Å². The summed E-state index contributed by atoms with van der Waals surface area (Å²) in [6, 6.07) is 9.03. The summed E-state index contributed by atoms with van der Waals surface area (Å²) in [5, 5.41) is 12.2. The van der Waals surface area contributed by atoms with Crippen molar-refractivity contribution in [2.24, 2.45) is 0 Å². The van der Waals surface area contributed by atoms with Crippen molar-refractivity contribution in [3.05, 3.63) is 72.8 Å². The van der Waals surface area contributed by atoms with Crippen molar-refractivity contribution in [3.8, 4) is 11.8 Å². The van der Waals surface area contributed by atoms with Crippen molar-refractivity contribution in [1.82, 2.24) is 10.2 Å². The Labute approximate surface area is 232 Å². The second-order valence-corrected chi connectivity index (χ2v) is 10.3. The summed E-state index contributed by atoms with van der Waals surface area (Å²) in [5.41, 5.74) is 1.94. The Bertz CT molecular complexity index is 1310. The quantitative estimate of drug-likeness (QED) is 0.383. The first-order chi connectivity index (χ1) is 17.6. The molecule has 1 aromatic carbocycles. The summed E-state index contributed by atoms with van der Waals surface area (Å²) in [5.74, 6) is -0.598. The monoisotopic (exact) mass is 635 g/mol. The van der Waals surface area contributed by atoms with Crippen LogP contribution in [0.3, 0.4) is 0 Å². The maximum Gasteiger partial charge on any atom is 0.337 e. The molecule has 1 aromatic heterocycles.